The molecule has 9 nitrogen and oxygen atoms in total. The zero-order valence-electron chi connectivity index (χ0n) is 19.3. The molecule has 0 radical (unpaired) electrons. The van der Waals surface area contributed by atoms with Crippen molar-refractivity contribution in [2.75, 3.05) is 44.4 Å². The highest BCUT2D eigenvalue weighted by atomic mass is 32.2. The van der Waals surface area contributed by atoms with Crippen LogP contribution in [0.25, 0.3) is 11.0 Å². The molecule has 1 amide bonds. The lowest BCUT2D eigenvalue weighted by molar-refractivity contribution is -0.113. The fraction of sp³-hybridized carbons (Fsp3) is 0.417. The van der Waals surface area contributed by atoms with Gasteiger partial charge in [0.05, 0.1) is 41.3 Å². The van der Waals surface area contributed by atoms with E-state index in [9.17, 15) is 14.3 Å². The van der Waals surface area contributed by atoms with Gasteiger partial charge in [0.25, 0.3) is 0 Å². The lowest BCUT2D eigenvalue weighted by Crippen LogP contribution is -2.30. The minimum atomic E-state index is -1.03. The van der Waals surface area contributed by atoms with E-state index in [-0.39, 0.29) is 11.5 Å². The number of pyridine rings is 3. The molecule has 0 bridgehead atoms. The van der Waals surface area contributed by atoms with E-state index in [4.69, 9.17) is 4.74 Å². The average Bonchev–Trinajstić information content (AvgIpc) is 3.30. The molecule has 0 unspecified atom stereocenters. The number of amides is 1. The second-order valence-electron chi connectivity index (χ2n) is 8.79. The summed E-state index contributed by atoms with van der Waals surface area (Å²) in [5.74, 6) is 1.22. The van der Waals surface area contributed by atoms with E-state index in [2.05, 4.69) is 30.5 Å². The Morgan fingerprint density at radius 3 is 3.09 bits per heavy atom. The van der Waals surface area contributed by atoms with Gasteiger partial charge in [-0.2, -0.15) is 0 Å². The number of aliphatic hydroxyl groups is 1. The maximum Gasteiger partial charge on any atom is 0.235 e. The second kappa shape index (κ2) is 10.4. The largest absolute Gasteiger partial charge is 0.481 e. The summed E-state index contributed by atoms with van der Waals surface area (Å²) in [5.41, 5.74) is 1.86. The summed E-state index contributed by atoms with van der Waals surface area (Å²) in [6.07, 6.45) is 1.08. The molecule has 0 spiro atoms. The molecule has 2 aliphatic rings. The number of rotatable bonds is 8. The molecule has 184 valence electrons. The summed E-state index contributed by atoms with van der Waals surface area (Å²) in [5, 5.41) is 17.2. The van der Waals surface area contributed by atoms with Gasteiger partial charge in [0, 0.05) is 31.3 Å². The van der Waals surface area contributed by atoms with Crippen LogP contribution in [0.15, 0.2) is 35.4 Å². The predicted molar refractivity (Wildman–Crippen MR) is 131 cm³/mol. The van der Waals surface area contributed by atoms with E-state index < -0.39 is 11.9 Å². The molecule has 1 saturated heterocycles. The smallest absolute Gasteiger partial charge is 0.235 e. The number of ether oxygens (including phenoxy) is 1. The first-order valence-electron chi connectivity index (χ1n) is 11.5. The summed E-state index contributed by atoms with van der Waals surface area (Å²) < 4.78 is 19.8. The maximum atomic E-state index is 14.6. The molecule has 0 aliphatic carbocycles. The van der Waals surface area contributed by atoms with E-state index >= 15 is 0 Å². The Kier molecular flexibility index (Phi) is 7.09. The standard InChI is InChI=1S/C24H27FN6O3S/c1-34-21-5-3-17-23(30-21)22(16(25)10-27-17)18(32)12-31-7-6-14(11-31)8-26-9-15-2-4-19-24(28-15)29-20(33)13-35-19/h2-5,10,14,18,26,32H,6-9,11-13H2,1H3,(H,28,29,33)/t14-,18-/m0/s1. The van der Waals surface area contributed by atoms with Gasteiger partial charge in [-0.1, -0.05) is 0 Å². The molecule has 3 aromatic rings. The Labute approximate surface area is 206 Å². The van der Waals surface area contributed by atoms with Crippen LogP contribution in [0.2, 0.25) is 0 Å². The molecule has 2 aliphatic heterocycles. The van der Waals surface area contributed by atoms with Gasteiger partial charge in [-0.05, 0) is 43.6 Å². The van der Waals surface area contributed by atoms with Gasteiger partial charge < -0.3 is 25.4 Å². The number of nitrogens with one attached hydrogen (secondary N) is 2. The Morgan fingerprint density at radius 1 is 1.34 bits per heavy atom. The van der Waals surface area contributed by atoms with Gasteiger partial charge in [-0.15, -0.1) is 11.8 Å². The molecule has 2 atom stereocenters. The number of thioether (sulfide) groups is 1. The number of carbonyl (C=O) groups is 1. The van der Waals surface area contributed by atoms with Crippen LogP contribution in [-0.2, 0) is 11.3 Å². The highest BCUT2D eigenvalue weighted by Crippen LogP contribution is 2.30. The number of hydrogen-bond acceptors (Lipinski definition) is 9. The number of nitrogens with zero attached hydrogens (tertiary/aromatic N) is 4. The zero-order valence-corrected chi connectivity index (χ0v) is 20.1. The van der Waals surface area contributed by atoms with Crippen molar-refractivity contribution >= 4 is 34.5 Å². The van der Waals surface area contributed by atoms with Crippen LogP contribution < -0.4 is 15.4 Å². The minimum absolute atomic E-state index is 0.0251. The summed E-state index contributed by atoms with van der Waals surface area (Å²) >= 11 is 1.50. The quantitative estimate of drug-likeness (QED) is 0.431. The third-order valence-electron chi connectivity index (χ3n) is 6.29. The molecule has 5 heterocycles. The van der Waals surface area contributed by atoms with Gasteiger partial charge >= 0.3 is 0 Å². The van der Waals surface area contributed by atoms with Crippen molar-refractivity contribution < 1.29 is 19.0 Å². The number of carbonyl (C=O) groups excluding carboxylic acids is 1. The van der Waals surface area contributed by atoms with Crippen molar-refractivity contribution in [3.05, 3.63) is 47.5 Å². The number of anilines is 1. The van der Waals surface area contributed by atoms with E-state index in [1.165, 1.54) is 18.9 Å². The summed E-state index contributed by atoms with van der Waals surface area (Å²) in [6, 6.07) is 7.34. The van der Waals surface area contributed by atoms with Crippen LogP contribution in [0.5, 0.6) is 5.88 Å². The number of methoxy groups -OCH3 is 1. The summed E-state index contributed by atoms with van der Waals surface area (Å²) in [7, 11) is 1.49. The van der Waals surface area contributed by atoms with Crippen LogP contribution in [0, 0.1) is 11.7 Å². The van der Waals surface area contributed by atoms with E-state index in [1.807, 2.05) is 12.1 Å². The van der Waals surface area contributed by atoms with Gasteiger partial charge in [0.2, 0.25) is 11.8 Å². The Morgan fingerprint density at radius 2 is 2.23 bits per heavy atom. The highest BCUT2D eigenvalue weighted by Gasteiger charge is 2.27. The zero-order chi connectivity index (χ0) is 24.4. The van der Waals surface area contributed by atoms with Crippen LogP contribution in [0.1, 0.15) is 23.8 Å². The van der Waals surface area contributed by atoms with Gasteiger partial charge in [0.1, 0.15) is 17.2 Å². The summed E-state index contributed by atoms with van der Waals surface area (Å²) in [6.45, 7) is 3.35. The molecule has 35 heavy (non-hydrogen) atoms. The Bertz CT molecular complexity index is 1250. The second-order valence-corrected chi connectivity index (χ2v) is 9.81. The number of fused-ring (bicyclic) bond motifs is 2. The molecule has 3 aromatic heterocycles. The first kappa shape index (κ1) is 23.9. The molecule has 1 fully saturated rings. The van der Waals surface area contributed by atoms with E-state index in [0.29, 0.717) is 47.5 Å². The van der Waals surface area contributed by atoms with Crippen LogP contribution in [0.3, 0.4) is 0 Å². The molecule has 0 saturated carbocycles. The molecule has 5 rings (SSSR count). The van der Waals surface area contributed by atoms with Crippen molar-refractivity contribution in [2.24, 2.45) is 5.92 Å². The fourth-order valence-corrected chi connectivity index (χ4v) is 5.32. The maximum absolute atomic E-state index is 14.6. The molecule has 0 aromatic carbocycles. The number of hydrogen-bond donors (Lipinski definition) is 3. The van der Waals surface area contributed by atoms with Crippen molar-refractivity contribution in [3.8, 4) is 5.88 Å². The van der Waals surface area contributed by atoms with Crippen LogP contribution in [-0.4, -0.2) is 69.9 Å². The minimum Gasteiger partial charge on any atom is -0.481 e. The lowest BCUT2D eigenvalue weighted by atomic mass is 10.1. The summed E-state index contributed by atoms with van der Waals surface area (Å²) in [4.78, 5) is 27.7. The number of halogens is 1. The van der Waals surface area contributed by atoms with Crippen molar-refractivity contribution in [3.63, 3.8) is 0 Å². The molecular formula is C24H27FN6O3S. The number of aliphatic hydroxyl groups excluding tert-OH is 1. The topological polar surface area (TPSA) is 113 Å². The third-order valence-corrected chi connectivity index (χ3v) is 7.34. The van der Waals surface area contributed by atoms with Crippen LogP contribution >= 0.6 is 11.8 Å². The Balaban J connectivity index is 1.15. The normalized spacial score (nSPS) is 18.9. The number of β-amino-alcohol motifs (C(OH)–C–C–N with tert-alkyl or cyclic N) is 1. The monoisotopic (exact) mass is 498 g/mol. The van der Waals surface area contributed by atoms with E-state index in [0.717, 1.165) is 42.8 Å². The highest BCUT2D eigenvalue weighted by molar-refractivity contribution is 8.00. The first-order chi connectivity index (χ1) is 17.0. The number of aromatic nitrogens is 3. The van der Waals surface area contributed by atoms with Gasteiger partial charge in [-0.3, -0.25) is 9.78 Å². The number of likely N-dealkylation sites (tertiary alicyclic amines) is 1. The van der Waals surface area contributed by atoms with E-state index in [1.54, 1.807) is 12.1 Å². The Hall–Kier alpha value is -2.86. The first-order valence-corrected chi connectivity index (χ1v) is 12.5. The van der Waals surface area contributed by atoms with Crippen molar-refractivity contribution in [1.82, 2.24) is 25.2 Å². The molecular weight excluding hydrogens is 471 g/mol. The predicted octanol–water partition coefficient (Wildman–Crippen LogP) is 2.36. The average molecular weight is 499 g/mol. The molecule has 11 heteroatoms. The molecule has 3 N–H and O–H groups in total. The SMILES string of the molecule is COc1ccc2ncc(F)c([C@@H](O)CN3CC[C@@H](CNCc4ccc5c(n4)NC(=O)CS5)C3)c2n1. The van der Waals surface area contributed by atoms with Crippen LogP contribution in [0.4, 0.5) is 10.2 Å². The fourth-order valence-electron chi connectivity index (χ4n) is 4.56. The lowest BCUT2D eigenvalue weighted by Gasteiger charge is -2.21. The third kappa shape index (κ3) is 5.37. The van der Waals surface area contributed by atoms with Crippen molar-refractivity contribution in [1.29, 1.82) is 0 Å². The van der Waals surface area contributed by atoms with Crippen molar-refractivity contribution in [2.45, 2.75) is 24.0 Å². The van der Waals surface area contributed by atoms with Gasteiger partial charge in [0.15, 0.2) is 0 Å². The van der Waals surface area contributed by atoms with Gasteiger partial charge in [-0.25, -0.2) is 14.4 Å².